The first-order valence-electron chi connectivity index (χ1n) is 9.41. The Kier molecular flexibility index (Phi) is 2.65. The maximum Gasteiger partial charge on any atom is 0.146 e. The molecule has 4 aliphatic carbocycles. The fourth-order valence-electron chi connectivity index (χ4n) is 7.30. The Hall–Kier alpha value is -1.34. The van der Waals surface area contributed by atoms with Crippen molar-refractivity contribution in [3.05, 3.63) is 11.3 Å². The molecule has 7 atom stereocenters. The molecule has 1 spiro atoms. The summed E-state index contributed by atoms with van der Waals surface area (Å²) in [5.74, 6) is 2.22. The minimum Gasteiger partial charge on any atom is -0.508 e. The maximum atomic E-state index is 12.5. The van der Waals surface area contributed by atoms with E-state index in [2.05, 4.69) is 19.9 Å². The zero-order chi connectivity index (χ0) is 16.9. The van der Waals surface area contributed by atoms with Crippen LogP contribution in [0.2, 0.25) is 0 Å². The number of hydrogen-bond acceptors (Lipinski definition) is 4. The Morgan fingerprint density at radius 3 is 2.75 bits per heavy atom. The zero-order valence-corrected chi connectivity index (χ0v) is 14.5. The maximum absolute atomic E-state index is 12.5. The average Bonchev–Trinajstić information content (AvgIpc) is 3.23. The van der Waals surface area contributed by atoms with Gasteiger partial charge in [0.1, 0.15) is 23.2 Å². The van der Waals surface area contributed by atoms with Crippen LogP contribution in [0.3, 0.4) is 0 Å². The number of carbonyl (C=O) groups is 1. The quantitative estimate of drug-likeness (QED) is 0.689. The number of carbonyl (C=O) groups excluding carboxylic acids is 1. The molecule has 1 aliphatic heterocycles. The Balaban J connectivity index is 1.56. The van der Waals surface area contributed by atoms with Crippen molar-refractivity contribution < 1.29 is 14.6 Å². The van der Waals surface area contributed by atoms with Gasteiger partial charge < -0.3 is 9.84 Å². The summed E-state index contributed by atoms with van der Waals surface area (Å²) in [6.07, 6.45) is 6.24. The zero-order valence-electron chi connectivity index (χ0n) is 14.5. The minimum absolute atomic E-state index is 0.0785. The second-order valence-corrected chi connectivity index (χ2v) is 9.29. The van der Waals surface area contributed by atoms with Crippen LogP contribution >= 0.6 is 0 Å². The van der Waals surface area contributed by atoms with Crippen molar-refractivity contribution in [2.45, 2.75) is 70.5 Å². The van der Waals surface area contributed by atoms with Gasteiger partial charge in [-0.05, 0) is 56.3 Å². The molecule has 4 heteroatoms. The van der Waals surface area contributed by atoms with Gasteiger partial charge in [0.05, 0.1) is 11.6 Å². The molecule has 0 aromatic heterocycles. The van der Waals surface area contributed by atoms with Crippen molar-refractivity contribution in [1.82, 2.24) is 0 Å². The number of ketones is 1. The van der Waals surface area contributed by atoms with Crippen molar-refractivity contribution in [2.24, 2.45) is 28.6 Å². The summed E-state index contributed by atoms with van der Waals surface area (Å²) >= 11 is 0. The molecule has 5 aliphatic rings. The van der Waals surface area contributed by atoms with Gasteiger partial charge in [-0.2, -0.15) is 5.26 Å². The van der Waals surface area contributed by atoms with Crippen LogP contribution in [-0.2, 0) is 9.53 Å². The van der Waals surface area contributed by atoms with Gasteiger partial charge in [-0.1, -0.05) is 13.8 Å². The highest BCUT2D eigenvalue weighted by Crippen LogP contribution is 2.72. The molecule has 4 nitrogen and oxygen atoms in total. The van der Waals surface area contributed by atoms with Crippen LogP contribution in [0.15, 0.2) is 11.3 Å². The van der Waals surface area contributed by atoms with E-state index in [0.29, 0.717) is 35.5 Å². The lowest BCUT2D eigenvalue weighted by Gasteiger charge is -2.58. The average molecular weight is 327 g/mol. The minimum atomic E-state index is -0.259. The topological polar surface area (TPSA) is 73.6 Å². The van der Waals surface area contributed by atoms with Crippen molar-refractivity contribution in [1.29, 1.82) is 5.26 Å². The summed E-state index contributed by atoms with van der Waals surface area (Å²) in [5, 5.41) is 19.8. The SMILES string of the molecule is CC12CCC3C(CCC45OC4C(O)=C(C#N)CC35C)C1CCC2=O. The smallest absolute Gasteiger partial charge is 0.146 e. The lowest BCUT2D eigenvalue weighted by molar-refractivity contribution is -0.137. The second-order valence-electron chi connectivity index (χ2n) is 9.29. The van der Waals surface area contributed by atoms with Gasteiger partial charge in [-0.3, -0.25) is 4.79 Å². The summed E-state index contributed by atoms with van der Waals surface area (Å²) in [7, 11) is 0. The standard InChI is InChI=1S/C20H25NO3/c1-18-7-6-14-12(13(18)3-4-15(18)22)5-8-20-17(24-20)16(23)11(10-21)9-19(14,20)2/h12-14,17,23H,3-9H2,1-2H3. The highest BCUT2D eigenvalue weighted by atomic mass is 16.6. The van der Waals surface area contributed by atoms with Gasteiger partial charge in [-0.25, -0.2) is 0 Å². The molecule has 0 amide bonds. The fraction of sp³-hybridized carbons (Fsp3) is 0.800. The van der Waals surface area contributed by atoms with E-state index in [1.54, 1.807) is 0 Å². The highest BCUT2D eigenvalue weighted by Gasteiger charge is 2.76. The number of aliphatic hydroxyl groups excluding tert-OH is 1. The number of fused-ring (bicyclic) bond motifs is 4. The number of nitriles is 1. The van der Waals surface area contributed by atoms with Gasteiger partial charge in [0.15, 0.2) is 0 Å². The summed E-state index contributed by atoms with van der Waals surface area (Å²) in [4.78, 5) is 12.5. The van der Waals surface area contributed by atoms with E-state index in [9.17, 15) is 15.2 Å². The van der Waals surface area contributed by atoms with Crippen molar-refractivity contribution >= 4 is 5.78 Å². The van der Waals surface area contributed by atoms with E-state index >= 15 is 0 Å². The molecule has 5 rings (SSSR count). The molecule has 24 heavy (non-hydrogen) atoms. The molecule has 1 saturated heterocycles. The number of Topliss-reactive ketones (excluding diaryl/α,β-unsaturated/α-hetero) is 1. The molecular weight excluding hydrogens is 302 g/mol. The van der Waals surface area contributed by atoms with Crippen LogP contribution in [0.4, 0.5) is 0 Å². The monoisotopic (exact) mass is 327 g/mol. The lowest BCUT2D eigenvalue weighted by atomic mass is 9.45. The molecular formula is C20H25NO3. The Labute approximate surface area is 142 Å². The lowest BCUT2D eigenvalue weighted by Crippen LogP contribution is -2.57. The van der Waals surface area contributed by atoms with E-state index in [-0.39, 0.29) is 28.3 Å². The molecule has 0 radical (unpaired) electrons. The molecule has 128 valence electrons. The second kappa shape index (κ2) is 4.25. The van der Waals surface area contributed by atoms with Crippen LogP contribution in [0.5, 0.6) is 0 Å². The van der Waals surface area contributed by atoms with E-state index in [1.165, 1.54) is 0 Å². The van der Waals surface area contributed by atoms with Gasteiger partial charge in [0, 0.05) is 17.3 Å². The third kappa shape index (κ3) is 1.43. The Morgan fingerprint density at radius 1 is 1.21 bits per heavy atom. The molecule has 0 aromatic rings. The van der Waals surface area contributed by atoms with Gasteiger partial charge in [0.2, 0.25) is 0 Å². The molecule has 0 aromatic carbocycles. The first kappa shape index (κ1) is 15.0. The van der Waals surface area contributed by atoms with E-state index < -0.39 is 0 Å². The fourth-order valence-corrected chi connectivity index (χ4v) is 7.30. The van der Waals surface area contributed by atoms with Crippen molar-refractivity contribution in [3.63, 3.8) is 0 Å². The predicted molar refractivity (Wildman–Crippen MR) is 86.9 cm³/mol. The first-order valence-corrected chi connectivity index (χ1v) is 9.41. The number of hydrogen-bond donors (Lipinski definition) is 1. The summed E-state index contributed by atoms with van der Waals surface area (Å²) in [6.45, 7) is 4.48. The number of rotatable bonds is 0. The van der Waals surface area contributed by atoms with Crippen molar-refractivity contribution in [2.75, 3.05) is 0 Å². The van der Waals surface area contributed by atoms with Crippen LogP contribution in [0.25, 0.3) is 0 Å². The number of epoxide rings is 1. The molecule has 1 N–H and O–H groups in total. The molecule has 0 bridgehead atoms. The van der Waals surface area contributed by atoms with E-state index in [1.807, 2.05) is 0 Å². The van der Waals surface area contributed by atoms with Gasteiger partial charge >= 0.3 is 0 Å². The predicted octanol–water partition coefficient (Wildman–Crippen LogP) is 3.68. The number of allylic oxidation sites excluding steroid dienone is 1. The number of nitrogens with zero attached hydrogens (tertiary/aromatic N) is 1. The summed E-state index contributed by atoms with van der Waals surface area (Å²) in [6, 6.07) is 2.22. The number of ether oxygens (including phenoxy) is 1. The van der Waals surface area contributed by atoms with Crippen LogP contribution < -0.4 is 0 Å². The third-order valence-corrected chi connectivity index (χ3v) is 8.71. The van der Waals surface area contributed by atoms with Gasteiger partial charge in [0.25, 0.3) is 0 Å². The highest BCUT2D eigenvalue weighted by molar-refractivity contribution is 5.87. The van der Waals surface area contributed by atoms with Crippen LogP contribution in [0, 0.1) is 39.9 Å². The van der Waals surface area contributed by atoms with E-state index in [4.69, 9.17) is 4.74 Å². The molecule has 4 fully saturated rings. The molecule has 3 saturated carbocycles. The normalized spacial score (nSPS) is 55.1. The Bertz CT molecular complexity index is 721. The van der Waals surface area contributed by atoms with Crippen LogP contribution in [-0.4, -0.2) is 22.6 Å². The molecule has 1 heterocycles. The third-order valence-electron chi connectivity index (χ3n) is 8.71. The van der Waals surface area contributed by atoms with Gasteiger partial charge in [-0.15, -0.1) is 0 Å². The first-order chi connectivity index (χ1) is 11.4. The summed E-state index contributed by atoms with van der Waals surface area (Å²) in [5.41, 5.74) is 0.0724. The largest absolute Gasteiger partial charge is 0.508 e. The van der Waals surface area contributed by atoms with Crippen molar-refractivity contribution in [3.8, 4) is 6.07 Å². The molecule has 7 unspecified atom stereocenters. The van der Waals surface area contributed by atoms with Crippen LogP contribution in [0.1, 0.15) is 58.8 Å². The Morgan fingerprint density at radius 2 is 2.00 bits per heavy atom. The number of aliphatic hydroxyl groups is 1. The summed E-state index contributed by atoms with van der Waals surface area (Å²) < 4.78 is 6.10. The van der Waals surface area contributed by atoms with E-state index in [0.717, 1.165) is 38.5 Å².